The molecule has 5 heteroatoms. The summed E-state index contributed by atoms with van der Waals surface area (Å²) in [6.07, 6.45) is 1.46. The fourth-order valence-corrected chi connectivity index (χ4v) is 2.01. The summed E-state index contributed by atoms with van der Waals surface area (Å²) < 4.78 is 15.7. The molecule has 92 valence electrons. The number of methoxy groups -OCH3 is 1. The number of hydrogen-bond acceptors (Lipinski definition) is 4. The highest BCUT2D eigenvalue weighted by Gasteiger charge is 2.42. The minimum Gasteiger partial charge on any atom is -0.453 e. The number of ether oxygens (including phenoxy) is 3. The fourth-order valence-electron chi connectivity index (χ4n) is 2.01. The van der Waals surface area contributed by atoms with Crippen LogP contribution in [-0.2, 0) is 14.2 Å². The van der Waals surface area contributed by atoms with Gasteiger partial charge in [-0.25, -0.2) is 4.79 Å². The summed E-state index contributed by atoms with van der Waals surface area (Å²) in [5.41, 5.74) is 0. The zero-order valence-electron chi connectivity index (χ0n) is 9.74. The molecule has 2 rings (SSSR count). The van der Waals surface area contributed by atoms with E-state index in [1.165, 1.54) is 7.11 Å². The van der Waals surface area contributed by atoms with Crippen molar-refractivity contribution in [2.24, 2.45) is 0 Å². The van der Waals surface area contributed by atoms with E-state index in [1.54, 1.807) is 4.90 Å². The maximum Gasteiger partial charge on any atom is 0.409 e. The number of nitrogens with zero attached hydrogens (tertiary/aromatic N) is 1. The molecular weight excluding hydrogens is 210 g/mol. The van der Waals surface area contributed by atoms with Gasteiger partial charge in [-0.2, -0.15) is 0 Å². The molecule has 0 atom stereocenters. The monoisotopic (exact) mass is 229 g/mol. The zero-order chi connectivity index (χ0) is 12.0. The van der Waals surface area contributed by atoms with Gasteiger partial charge in [-0.15, -0.1) is 13.2 Å². The first kappa shape index (κ1) is 13.0. The van der Waals surface area contributed by atoms with Crippen molar-refractivity contribution >= 4 is 6.09 Å². The largest absolute Gasteiger partial charge is 0.453 e. The van der Waals surface area contributed by atoms with E-state index >= 15 is 0 Å². The number of likely N-dealkylation sites (tertiary alicyclic amines) is 1. The van der Waals surface area contributed by atoms with Gasteiger partial charge in [0.1, 0.15) is 0 Å². The Kier molecular flexibility index (Phi) is 4.76. The van der Waals surface area contributed by atoms with Crippen molar-refractivity contribution < 1.29 is 19.0 Å². The molecule has 2 aliphatic heterocycles. The number of rotatable bonds is 0. The first-order valence-corrected chi connectivity index (χ1v) is 5.37. The Morgan fingerprint density at radius 3 is 2.56 bits per heavy atom. The van der Waals surface area contributed by atoms with E-state index < -0.39 is 5.79 Å². The van der Waals surface area contributed by atoms with E-state index in [4.69, 9.17) is 9.47 Å². The lowest BCUT2D eigenvalue weighted by Crippen LogP contribution is -2.50. The molecule has 0 N–H and O–H groups in total. The second-order valence-electron chi connectivity index (χ2n) is 3.60. The highest BCUT2D eigenvalue weighted by Crippen LogP contribution is 2.30. The van der Waals surface area contributed by atoms with E-state index in [-0.39, 0.29) is 6.09 Å². The number of amides is 1. The van der Waals surface area contributed by atoms with E-state index in [0.717, 1.165) is 19.4 Å². The summed E-state index contributed by atoms with van der Waals surface area (Å²) >= 11 is 0. The summed E-state index contributed by atoms with van der Waals surface area (Å²) in [4.78, 5) is 12.9. The predicted molar refractivity (Wildman–Crippen MR) is 59.1 cm³/mol. The quantitative estimate of drug-likeness (QED) is 0.589. The highest BCUT2D eigenvalue weighted by molar-refractivity contribution is 5.67. The number of carbonyl (C=O) groups is 1. The summed E-state index contributed by atoms with van der Waals surface area (Å²) in [7, 11) is 1.39. The van der Waals surface area contributed by atoms with Crippen molar-refractivity contribution in [3.05, 3.63) is 13.2 Å². The standard InChI is InChI=1S/C9H15NO4.C2H4/c1-12-8(11)10-4-2-3-9(7-10)13-5-6-14-9;1-2/h2-7H2,1H3;1-2H2. The normalized spacial score (nSPS) is 22.4. The molecule has 1 amide bonds. The third kappa shape index (κ3) is 2.74. The van der Waals surface area contributed by atoms with Gasteiger partial charge in [-0.3, -0.25) is 0 Å². The van der Waals surface area contributed by atoms with Gasteiger partial charge in [0.05, 0.1) is 26.9 Å². The lowest BCUT2D eigenvalue weighted by Gasteiger charge is -2.37. The number of piperidine rings is 1. The predicted octanol–water partition coefficient (Wildman–Crippen LogP) is 1.39. The first-order chi connectivity index (χ1) is 7.76. The van der Waals surface area contributed by atoms with E-state index in [1.807, 2.05) is 0 Å². The van der Waals surface area contributed by atoms with E-state index in [9.17, 15) is 4.79 Å². The third-order valence-corrected chi connectivity index (χ3v) is 2.66. The Hall–Kier alpha value is -1.07. The summed E-state index contributed by atoms with van der Waals surface area (Å²) in [6.45, 7) is 8.45. The third-order valence-electron chi connectivity index (χ3n) is 2.66. The first-order valence-electron chi connectivity index (χ1n) is 5.37. The highest BCUT2D eigenvalue weighted by atomic mass is 16.7. The van der Waals surface area contributed by atoms with Crippen LogP contribution in [0, 0.1) is 0 Å². The smallest absolute Gasteiger partial charge is 0.409 e. The Morgan fingerprint density at radius 1 is 1.38 bits per heavy atom. The van der Waals surface area contributed by atoms with Gasteiger partial charge in [0.15, 0.2) is 5.79 Å². The molecule has 2 saturated heterocycles. The van der Waals surface area contributed by atoms with Crippen molar-refractivity contribution in [3.63, 3.8) is 0 Å². The molecule has 2 heterocycles. The minimum atomic E-state index is -0.549. The molecule has 2 fully saturated rings. The lowest BCUT2D eigenvalue weighted by atomic mass is 10.1. The number of carbonyl (C=O) groups excluding carboxylic acids is 1. The van der Waals surface area contributed by atoms with Crippen molar-refractivity contribution in [1.82, 2.24) is 4.90 Å². The van der Waals surface area contributed by atoms with Crippen molar-refractivity contribution in [1.29, 1.82) is 0 Å². The van der Waals surface area contributed by atoms with Crippen LogP contribution < -0.4 is 0 Å². The molecule has 1 spiro atoms. The van der Waals surface area contributed by atoms with Crippen LogP contribution in [-0.4, -0.2) is 50.2 Å². The van der Waals surface area contributed by atoms with Crippen LogP contribution in [0.3, 0.4) is 0 Å². The van der Waals surface area contributed by atoms with E-state index in [0.29, 0.717) is 19.8 Å². The van der Waals surface area contributed by atoms with Crippen molar-refractivity contribution in [2.45, 2.75) is 18.6 Å². The second kappa shape index (κ2) is 5.86. The average molecular weight is 229 g/mol. The van der Waals surface area contributed by atoms with Crippen molar-refractivity contribution in [3.8, 4) is 0 Å². The van der Waals surface area contributed by atoms with Gasteiger partial charge in [0, 0.05) is 13.0 Å². The van der Waals surface area contributed by atoms with Crippen LogP contribution in [0.1, 0.15) is 12.8 Å². The maximum absolute atomic E-state index is 11.3. The summed E-state index contributed by atoms with van der Waals surface area (Å²) in [6, 6.07) is 0. The molecular formula is C11H19NO4. The number of hydrogen-bond donors (Lipinski definition) is 0. The molecule has 0 bridgehead atoms. The fraction of sp³-hybridized carbons (Fsp3) is 0.727. The molecule has 2 aliphatic rings. The lowest BCUT2D eigenvalue weighted by molar-refractivity contribution is -0.184. The second-order valence-corrected chi connectivity index (χ2v) is 3.60. The van der Waals surface area contributed by atoms with Crippen molar-refractivity contribution in [2.75, 3.05) is 33.4 Å². The van der Waals surface area contributed by atoms with Crippen LogP contribution in [0.15, 0.2) is 13.2 Å². The van der Waals surface area contributed by atoms with Gasteiger partial charge in [0.2, 0.25) is 0 Å². The molecule has 0 radical (unpaired) electrons. The molecule has 0 aliphatic carbocycles. The van der Waals surface area contributed by atoms with Crippen LogP contribution in [0.5, 0.6) is 0 Å². The van der Waals surface area contributed by atoms with E-state index in [2.05, 4.69) is 17.9 Å². The van der Waals surface area contributed by atoms with Crippen LogP contribution in [0.25, 0.3) is 0 Å². The zero-order valence-corrected chi connectivity index (χ0v) is 9.74. The molecule has 5 nitrogen and oxygen atoms in total. The molecule has 0 saturated carbocycles. The van der Waals surface area contributed by atoms with Crippen LogP contribution in [0.4, 0.5) is 4.79 Å². The Labute approximate surface area is 96.0 Å². The molecule has 0 aromatic rings. The van der Waals surface area contributed by atoms with Gasteiger partial charge < -0.3 is 19.1 Å². The minimum absolute atomic E-state index is 0.303. The van der Waals surface area contributed by atoms with Gasteiger partial charge in [-0.1, -0.05) is 0 Å². The molecule has 0 unspecified atom stereocenters. The molecule has 0 aromatic heterocycles. The Morgan fingerprint density at radius 2 is 2.00 bits per heavy atom. The van der Waals surface area contributed by atoms with Crippen LogP contribution >= 0.6 is 0 Å². The average Bonchev–Trinajstić information content (AvgIpc) is 2.79. The van der Waals surface area contributed by atoms with Gasteiger partial charge >= 0.3 is 6.09 Å². The summed E-state index contributed by atoms with van der Waals surface area (Å²) in [5, 5.41) is 0. The molecule has 16 heavy (non-hydrogen) atoms. The SMILES string of the molecule is C=C.COC(=O)N1CCCC2(C1)OCCO2. The summed E-state index contributed by atoms with van der Waals surface area (Å²) in [5.74, 6) is -0.549. The van der Waals surface area contributed by atoms with Gasteiger partial charge in [-0.05, 0) is 6.42 Å². The Bertz CT molecular complexity index is 238. The van der Waals surface area contributed by atoms with Gasteiger partial charge in [0.25, 0.3) is 0 Å². The van der Waals surface area contributed by atoms with Crippen LogP contribution in [0.2, 0.25) is 0 Å². The topological polar surface area (TPSA) is 48.0 Å². The Balaban J connectivity index is 0.000000606. The molecule has 0 aromatic carbocycles. The maximum atomic E-state index is 11.3.